The van der Waals surface area contributed by atoms with Gasteiger partial charge in [-0.15, -0.1) is 0 Å². The molecule has 0 fully saturated rings. The topological polar surface area (TPSA) is 128 Å². The number of carbonyl (C=O) groups is 3. The molecule has 24 heavy (non-hydrogen) atoms. The van der Waals surface area contributed by atoms with E-state index in [-0.39, 0.29) is 17.7 Å². The first-order chi connectivity index (χ1) is 11.0. The van der Waals surface area contributed by atoms with Gasteiger partial charge in [0.2, 0.25) is 5.91 Å². The van der Waals surface area contributed by atoms with Gasteiger partial charge in [0, 0.05) is 23.2 Å². The first-order valence-electron chi connectivity index (χ1n) is 7.00. The van der Waals surface area contributed by atoms with E-state index in [1.165, 1.54) is 0 Å². The Balaban J connectivity index is 2.93. The van der Waals surface area contributed by atoms with Gasteiger partial charge in [0.05, 0.1) is 24.1 Å². The van der Waals surface area contributed by atoms with Crippen LogP contribution in [-0.2, 0) is 9.53 Å². The van der Waals surface area contributed by atoms with E-state index < -0.39 is 33.9 Å². The third kappa shape index (κ3) is 5.67. The summed E-state index contributed by atoms with van der Waals surface area (Å²) >= 11 is 0. The maximum absolute atomic E-state index is 12.1. The molecule has 1 rings (SSSR count). The number of hydrogen-bond donors (Lipinski definition) is 2. The lowest BCUT2D eigenvalue weighted by molar-refractivity contribution is -0.384. The van der Waals surface area contributed by atoms with E-state index in [1.807, 2.05) is 0 Å². The highest BCUT2D eigenvalue weighted by atomic mass is 16.6. The summed E-state index contributed by atoms with van der Waals surface area (Å²) in [6.07, 6.45) is 0. The van der Waals surface area contributed by atoms with Gasteiger partial charge < -0.3 is 15.4 Å². The second kappa shape index (κ2) is 7.53. The van der Waals surface area contributed by atoms with Crippen molar-refractivity contribution in [2.75, 3.05) is 13.7 Å². The first-order valence-corrected chi connectivity index (χ1v) is 7.00. The van der Waals surface area contributed by atoms with E-state index in [0.717, 1.165) is 25.3 Å². The Labute approximate surface area is 138 Å². The normalized spacial score (nSPS) is 10.7. The quantitative estimate of drug-likeness (QED) is 0.469. The maximum atomic E-state index is 12.1. The fourth-order valence-corrected chi connectivity index (χ4v) is 1.81. The molecule has 1 aromatic carbocycles. The molecule has 2 amide bonds. The number of nitro benzene ring substituents is 1. The minimum atomic E-state index is -0.807. The van der Waals surface area contributed by atoms with Crippen molar-refractivity contribution >= 4 is 23.5 Å². The third-order valence-corrected chi connectivity index (χ3v) is 2.74. The average Bonchev–Trinajstić information content (AvgIpc) is 2.49. The molecule has 0 aliphatic carbocycles. The van der Waals surface area contributed by atoms with Gasteiger partial charge in [0.15, 0.2) is 0 Å². The molecule has 0 aromatic heterocycles. The number of methoxy groups -OCH3 is 1. The Kier molecular flexibility index (Phi) is 5.99. The highest BCUT2D eigenvalue weighted by molar-refractivity contribution is 6.00. The van der Waals surface area contributed by atoms with Gasteiger partial charge in [-0.25, -0.2) is 4.79 Å². The number of rotatable bonds is 5. The third-order valence-electron chi connectivity index (χ3n) is 2.74. The van der Waals surface area contributed by atoms with E-state index in [9.17, 15) is 24.5 Å². The second-order valence-corrected chi connectivity index (χ2v) is 6.00. The van der Waals surface area contributed by atoms with Gasteiger partial charge in [0.1, 0.15) is 0 Å². The van der Waals surface area contributed by atoms with Crippen molar-refractivity contribution in [3.63, 3.8) is 0 Å². The molecule has 0 aliphatic rings. The van der Waals surface area contributed by atoms with E-state index in [4.69, 9.17) is 0 Å². The van der Waals surface area contributed by atoms with Crippen LogP contribution >= 0.6 is 0 Å². The lowest BCUT2D eigenvalue weighted by Crippen LogP contribution is -2.45. The molecule has 0 bridgehead atoms. The summed E-state index contributed by atoms with van der Waals surface area (Å²) in [4.78, 5) is 45.5. The number of nitrogens with zero attached hydrogens (tertiary/aromatic N) is 1. The average molecular weight is 337 g/mol. The summed E-state index contributed by atoms with van der Waals surface area (Å²) in [5.41, 5.74) is -1.13. The van der Waals surface area contributed by atoms with Crippen LogP contribution in [0, 0.1) is 10.1 Å². The van der Waals surface area contributed by atoms with Crippen LogP contribution in [0.4, 0.5) is 5.69 Å². The molecule has 0 saturated heterocycles. The van der Waals surface area contributed by atoms with E-state index in [1.54, 1.807) is 20.8 Å². The Hall–Kier alpha value is -2.97. The number of esters is 1. The Bertz CT molecular complexity index is 678. The number of hydrogen-bond acceptors (Lipinski definition) is 6. The largest absolute Gasteiger partial charge is 0.465 e. The standard InChI is InChI=1S/C15H19N3O6/c1-15(2,3)17-12(19)8-16-13(20)9-5-10(14(21)24-4)7-11(6-9)18(22)23/h5-7H,8H2,1-4H3,(H,16,20)(H,17,19). The summed E-state index contributed by atoms with van der Waals surface area (Å²) in [5, 5.41) is 15.9. The molecule has 0 aliphatic heterocycles. The number of nitrogens with one attached hydrogen (secondary N) is 2. The lowest BCUT2D eigenvalue weighted by Gasteiger charge is -2.20. The van der Waals surface area contributed by atoms with E-state index >= 15 is 0 Å². The Morgan fingerprint density at radius 2 is 1.75 bits per heavy atom. The number of nitro groups is 1. The highest BCUT2D eigenvalue weighted by Gasteiger charge is 2.19. The second-order valence-electron chi connectivity index (χ2n) is 6.00. The van der Waals surface area contributed by atoms with Crippen LogP contribution < -0.4 is 10.6 Å². The molecule has 0 unspecified atom stereocenters. The van der Waals surface area contributed by atoms with Gasteiger partial charge >= 0.3 is 5.97 Å². The minimum absolute atomic E-state index is 0.117. The summed E-state index contributed by atoms with van der Waals surface area (Å²) < 4.78 is 4.50. The molecule has 1 aromatic rings. The molecule has 0 spiro atoms. The van der Waals surface area contributed by atoms with Crippen molar-refractivity contribution in [2.24, 2.45) is 0 Å². The molecular weight excluding hydrogens is 318 g/mol. The van der Waals surface area contributed by atoms with Crippen LogP contribution in [0.15, 0.2) is 18.2 Å². The summed E-state index contributed by atoms with van der Waals surface area (Å²) in [6.45, 7) is 5.06. The molecule has 0 saturated carbocycles. The SMILES string of the molecule is COC(=O)c1cc(C(=O)NCC(=O)NC(C)(C)C)cc([N+](=O)[O-])c1. The van der Waals surface area contributed by atoms with Crippen molar-refractivity contribution in [3.05, 3.63) is 39.4 Å². The zero-order valence-corrected chi connectivity index (χ0v) is 13.8. The molecular formula is C15H19N3O6. The van der Waals surface area contributed by atoms with Crippen molar-refractivity contribution in [3.8, 4) is 0 Å². The predicted octanol–water partition coefficient (Wildman–Crippen LogP) is 1.03. The van der Waals surface area contributed by atoms with Gasteiger partial charge in [-0.2, -0.15) is 0 Å². The maximum Gasteiger partial charge on any atom is 0.338 e. The number of carbonyl (C=O) groups excluding carboxylic acids is 3. The zero-order chi connectivity index (χ0) is 18.5. The van der Waals surface area contributed by atoms with Gasteiger partial charge in [-0.3, -0.25) is 19.7 Å². The minimum Gasteiger partial charge on any atom is -0.465 e. The van der Waals surface area contributed by atoms with E-state index in [2.05, 4.69) is 15.4 Å². The van der Waals surface area contributed by atoms with Crippen LogP contribution in [-0.4, -0.2) is 41.9 Å². The number of benzene rings is 1. The van der Waals surface area contributed by atoms with Crippen LogP contribution in [0.25, 0.3) is 0 Å². The van der Waals surface area contributed by atoms with Gasteiger partial charge in [-0.05, 0) is 26.8 Å². The molecule has 0 heterocycles. The summed E-state index contributed by atoms with van der Waals surface area (Å²) in [5.74, 6) is -1.93. The Morgan fingerprint density at radius 1 is 1.17 bits per heavy atom. The van der Waals surface area contributed by atoms with Gasteiger partial charge in [0.25, 0.3) is 11.6 Å². The van der Waals surface area contributed by atoms with E-state index in [0.29, 0.717) is 0 Å². The number of ether oxygens (including phenoxy) is 1. The molecule has 9 heteroatoms. The molecule has 130 valence electrons. The van der Waals surface area contributed by atoms with Crippen LogP contribution in [0.1, 0.15) is 41.5 Å². The smallest absolute Gasteiger partial charge is 0.338 e. The monoisotopic (exact) mass is 337 g/mol. The van der Waals surface area contributed by atoms with Crippen LogP contribution in [0.3, 0.4) is 0 Å². The first kappa shape index (κ1) is 19.1. The zero-order valence-electron chi connectivity index (χ0n) is 13.8. The lowest BCUT2D eigenvalue weighted by atomic mass is 10.1. The summed E-state index contributed by atoms with van der Waals surface area (Å²) in [7, 11) is 1.12. The van der Waals surface area contributed by atoms with Crippen molar-refractivity contribution in [2.45, 2.75) is 26.3 Å². The van der Waals surface area contributed by atoms with Crippen LogP contribution in [0.5, 0.6) is 0 Å². The molecule has 0 atom stereocenters. The predicted molar refractivity (Wildman–Crippen MR) is 84.7 cm³/mol. The Morgan fingerprint density at radius 3 is 2.25 bits per heavy atom. The van der Waals surface area contributed by atoms with Crippen molar-refractivity contribution < 1.29 is 24.0 Å². The molecule has 9 nitrogen and oxygen atoms in total. The summed E-state index contributed by atoms with van der Waals surface area (Å²) in [6, 6.07) is 3.19. The molecule has 2 N–H and O–H groups in total. The molecule has 0 radical (unpaired) electrons. The fourth-order valence-electron chi connectivity index (χ4n) is 1.81. The number of amides is 2. The fraction of sp³-hybridized carbons (Fsp3) is 0.400. The van der Waals surface area contributed by atoms with Crippen molar-refractivity contribution in [1.29, 1.82) is 0 Å². The van der Waals surface area contributed by atoms with Gasteiger partial charge in [-0.1, -0.05) is 0 Å². The van der Waals surface area contributed by atoms with Crippen molar-refractivity contribution in [1.82, 2.24) is 10.6 Å². The highest BCUT2D eigenvalue weighted by Crippen LogP contribution is 2.18. The van der Waals surface area contributed by atoms with Crippen LogP contribution in [0.2, 0.25) is 0 Å². The number of non-ortho nitro benzene ring substituents is 1.